The summed E-state index contributed by atoms with van der Waals surface area (Å²) in [6.45, 7) is 2.77. The minimum Gasteiger partial charge on any atom is -0.397 e. The van der Waals surface area contributed by atoms with Crippen molar-refractivity contribution >= 4 is 22.8 Å². The molecule has 5 heteroatoms. The van der Waals surface area contributed by atoms with E-state index in [1.54, 1.807) is 17.5 Å². The van der Waals surface area contributed by atoms with Crippen LogP contribution in [0.1, 0.15) is 10.7 Å². The molecule has 2 aromatic rings. The first-order chi connectivity index (χ1) is 7.65. The van der Waals surface area contributed by atoms with Gasteiger partial charge in [-0.15, -0.1) is 11.3 Å². The van der Waals surface area contributed by atoms with E-state index in [9.17, 15) is 0 Å². The van der Waals surface area contributed by atoms with Crippen LogP contribution >= 0.6 is 11.3 Å². The van der Waals surface area contributed by atoms with Crippen molar-refractivity contribution in [1.82, 2.24) is 9.97 Å². The highest BCUT2D eigenvalue weighted by molar-refractivity contribution is 7.09. The molecule has 0 aromatic carbocycles. The van der Waals surface area contributed by atoms with Gasteiger partial charge in [0, 0.05) is 12.4 Å². The molecular weight excluding hydrogens is 220 g/mol. The van der Waals surface area contributed by atoms with Crippen LogP contribution in [-0.4, -0.2) is 17.0 Å². The molecule has 0 bridgehead atoms. The molecule has 4 nitrogen and oxygen atoms in total. The Kier molecular flexibility index (Phi) is 3.05. The highest BCUT2D eigenvalue weighted by Gasteiger charge is 2.05. The van der Waals surface area contributed by atoms with E-state index in [2.05, 4.69) is 15.3 Å². The Morgan fingerprint density at radius 1 is 1.44 bits per heavy atom. The molecule has 0 aliphatic rings. The Hall–Kier alpha value is -1.62. The number of pyridine rings is 1. The van der Waals surface area contributed by atoms with E-state index in [0.717, 1.165) is 23.1 Å². The van der Waals surface area contributed by atoms with Gasteiger partial charge in [-0.2, -0.15) is 0 Å². The second-order valence-corrected chi connectivity index (χ2v) is 4.73. The van der Waals surface area contributed by atoms with E-state index in [1.807, 2.05) is 31.0 Å². The van der Waals surface area contributed by atoms with E-state index < -0.39 is 0 Å². The third-order valence-electron chi connectivity index (χ3n) is 2.23. The summed E-state index contributed by atoms with van der Waals surface area (Å²) >= 11 is 1.67. The Labute approximate surface area is 98.8 Å². The van der Waals surface area contributed by atoms with Crippen LogP contribution in [0.3, 0.4) is 0 Å². The predicted octanol–water partition coefficient (Wildman–Crippen LogP) is 2.07. The van der Waals surface area contributed by atoms with Crippen LogP contribution in [0.4, 0.5) is 11.5 Å². The summed E-state index contributed by atoms with van der Waals surface area (Å²) in [5.74, 6) is 0.903. The van der Waals surface area contributed by atoms with Gasteiger partial charge in [-0.3, -0.25) is 0 Å². The number of nitrogens with zero attached hydrogens (tertiary/aromatic N) is 3. The minimum absolute atomic E-state index is 0.682. The second kappa shape index (κ2) is 4.49. The molecule has 0 unspecified atom stereocenters. The lowest BCUT2D eigenvalue weighted by Gasteiger charge is -2.16. The van der Waals surface area contributed by atoms with Gasteiger partial charge in [-0.05, 0) is 19.1 Å². The van der Waals surface area contributed by atoms with Crippen LogP contribution < -0.4 is 10.6 Å². The number of anilines is 2. The van der Waals surface area contributed by atoms with Gasteiger partial charge in [0.05, 0.1) is 29.1 Å². The van der Waals surface area contributed by atoms with Gasteiger partial charge in [0.25, 0.3) is 0 Å². The van der Waals surface area contributed by atoms with E-state index in [1.165, 1.54) is 0 Å². The summed E-state index contributed by atoms with van der Waals surface area (Å²) in [5, 5.41) is 3.16. The molecule has 0 spiro atoms. The minimum atomic E-state index is 0.682. The zero-order chi connectivity index (χ0) is 11.5. The zero-order valence-electron chi connectivity index (χ0n) is 9.34. The Balaban J connectivity index is 2.08. The van der Waals surface area contributed by atoms with Crippen LogP contribution in [0, 0.1) is 6.92 Å². The van der Waals surface area contributed by atoms with E-state index >= 15 is 0 Å². The monoisotopic (exact) mass is 234 g/mol. The normalized spacial score (nSPS) is 10.4. The molecule has 0 saturated heterocycles. The fourth-order valence-corrected chi connectivity index (χ4v) is 2.03. The van der Waals surface area contributed by atoms with Crippen molar-refractivity contribution in [3.8, 4) is 0 Å². The lowest BCUT2D eigenvalue weighted by Crippen LogP contribution is -2.17. The van der Waals surface area contributed by atoms with Crippen molar-refractivity contribution in [2.75, 3.05) is 17.7 Å². The predicted molar refractivity (Wildman–Crippen MR) is 67.6 cm³/mol. The van der Waals surface area contributed by atoms with Crippen molar-refractivity contribution in [3.63, 3.8) is 0 Å². The number of rotatable bonds is 3. The van der Waals surface area contributed by atoms with E-state index in [4.69, 9.17) is 5.73 Å². The Morgan fingerprint density at radius 3 is 2.81 bits per heavy atom. The molecule has 84 valence electrons. The SMILES string of the molecule is Cc1nc(CN(C)c2ccc(N)cn2)cs1. The Bertz CT molecular complexity index is 463. The lowest BCUT2D eigenvalue weighted by molar-refractivity contribution is 0.871. The summed E-state index contributed by atoms with van der Waals surface area (Å²) in [6, 6.07) is 3.76. The molecule has 0 atom stereocenters. The maximum atomic E-state index is 5.59. The first-order valence-electron chi connectivity index (χ1n) is 4.99. The fourth-order valence-electron chi connectivity index (χ4n) is 1.43. The van der Waals surface area contributed by atoms with E-state index in [0.29, 0.717) is 5.69 Å². The maximum Gasteiger partial charge on any atom is 0.128 e. The first kappa shape index (κ1) is 10.9. The van der Waals surface area contributed by atoms with Gasteiger partial charge in [0.1, 0.15) is 5.82 Å². The molecule has 2 heterocycles. The van der Waals surface area contributed by atoms with Crippen molar-refractivity contribution in [2.45, 2.75) is 13.5 Å². The van der Waals surface area contributed by atoms with Gasteiger partial charge in [-0.25, -0.2) is 9.97 Å². The summed E-state index contributed by atoms with van der Waals surface area (Å²) < 4.78 is 0. The number of nitrogens with two attached hydrogens (primary N) is 1. The van der Waals surface area contributed by atoms with Crippen molar-refractivity contribution < 1.29 is 0 Å². The topological polar surface area (TPSA) is 55.0 Å². The van der Waals surface area contributed by atoms with Crippen LogP contribution in [0.2, 0.25) is 0 Å². The van der Waals surface area contributed by atoms with Gasteiger partial charge in [0.2, 0.25) is 0 Å². The molecule has 0 radical (unpaired) electrons. The molecule has 0 amide bonds. The smallest absolute Gasteiger partial charge is 0.128 e. The molecule has 0 fully saturated rings. The number of aromatic nitrogens is 2. The van der Waals surface area contributed by atoms with Crippen LogP contribution in [-0.2, 0) is 6.54 Å². The van der Waals surface area contributed by atoms with Gasteiger partial charge in [0.15, 0.2) is 0 Å². The number of thiazole rings is 1. The average Bonchev–Trinajstić information content (AvgIpc) is 2.65. The standard InChI is InChI=1S/C11H14N4S/c1-8-14-10(7-16-8)6-15(2)11-4-3-9(12)5-13-11/h3-5,7H,6,12H2,1-2H3. The van der Waals surface area contributed by atoms with Crippen LogP contribution in [0.25, 0.3) is 0 Å². The third kappa shape index (κ3) is 2.49. The van der Waals surface area contributed by atoms with Crippen molar-refractivity contribution in [2.24, 2.45) is 0 Å². The maximum absolute atomic E-state index is 5.59. The van der Waals surface area contributed by atoms with Crippen LogP contribution in [0.5, 0.6) is 0 Å². The molecule has 0 aliphatic heterocycles. The largest absolute Gasteiger partial charge is 0.397 e. The van der Waals surface area contributed by atoms with Crippen molar-refractivity contribution in [1.29, 1.82) is 0 Å². The van der Waals surface area contributed by atoms with E-state index in [-0.39, 0.29) is 0 Å². The number of hydrogen-bond acceptors (Lipinski definition) is 5. The molecule has 2 N–H and O–H groups in total. The van der Waals surface area contributed by atoms with Gasteiger partial charge in [-0.1, -0.05) is 0 Å². The van der Waals surface area contributed by atoms with Crippen LogP contribution in [0.15, 0.2) is 23.7 Å². The Morgan fingerprint density at radius 2 is 2.25 bits per heavy atom. The average molecular weight is 234 g/mol. The molecule has 2 rings (SSSR count). The lowest BCUT2D eigenvalue weighted by atomic mass is 10.3. The fraction of sp³-hybridized carbons (Fsp3) is 0.273. The summed E-state index contributed by atoms with van der Waals surface area (Å²) in [6.07, 6.45) is 1.66. The number of nitrogen functional groups attached to an aromatic ring is 1. The molecular formula is C11H14N4S. The van der Waals surface area contributed by atoms with Gasteiger partial charge < -0.3 is 10.6 Å². The highest BCUT2D eigenvalue weighted by Crippen LogP contribution is 2.15. The van der Waals surface area contributed by atoms with Crippen molar-refractivity contribution in [3.05, 3.63) is 34.4 Å². The number of aryl methyl sites for hydroxylation is 1. The first-order valence-corrected chi connectivity index (χ1v) is 5.87. The van der Waals surface area contributed by atoms with Gasteiger partial charge >= 0.3 is 0 Å². The summed E-state index contributed by atoms with van der Waals surface area (Å²) in [7, 11) is 1.99. The summed E-state index contributed by atoms with van der Waals surface area (Å²) in [4.78, 5) is 10.7. The molecule has 2 aromatic heterocycles. The quantitative estimate of drug-likeness (QED) is 0.883. The third-order valence-corrected chi connectivity index (χ3v) is 3.05. The number of hydrogen-bond donors (Lipinski definition) is 1. The molecule has 0 saturated carbocycles. The zero-order valence-corrected chi connectivity index (χ0v) is 10.2. The highest BCUT2D eigenvalue weighted by atomic mass is 32.1. The molecule has 0 aliphatic carbocycles. The summed E-state index contributed by atoms with van der Waals surface area (Å²) in [5.41, 5.74) is 7.35. The second-order valence-electron chi connectivity index (χ2n) is 3.66. The molecule has 16 heavy (non-hydrogen) atoms.